The van der Waals surface area contributed by atoms with E-state index in [4.69, 9.17) is 0 Å². The summed E-state index contributed by atoms with van der Waals surface area (Å²) < 4.78 is 28.0. The first kappa shape index (κ1) is 15.1. The molecule has 1 aromatic heterocycles. The van der Waals surface area contributed by atoms with E-state index in [-0.39, 0.29) is 5.03 Å². The van der Waals surface area contributed by atoms with Crippen LogP contribution >= 0.6 is 0 Å². The first-order valence-electron chi connectivity index (χ1n) is 6.06. The number of imidazole rings is 1. The standard InChI is InChI=1S/C11H22N4O2S/c1-9(2)12-6-5-7-13-18(16,17)11-8-15(4)10(3)14-11/h8-9,12-13H,5-7H2,1-4H3. The first-order chi connectivity index (χ1) is 8.33. The average molecular weight is 274 g/mol. The van der Waals surface area contributed by atoms with Crippen molar-refractivity contribution in [2.24, 2.45) is 7.05 Å². The Morgan fingerprint density at radius 2 is 2.06 bits per heavy atom. The summed E-state index contributed by atoms with van der Waals surface area (Å²) in [5.74, 6) is 0.678. The van der Waals surface area contributed by atoms with Gasteiger partial charge in [0.2, 0.25) is 0 Å². The highest BCUT2D eigenvalue weighted by molar-refractivity contribution is 7.89. The molecule has 0 aliphatic carbocycles. The minimum Gasteiger partial charge on any atom is -0.337 e. The number of nitrogens with zero attached hydrogens (tertiary/aromatic N) is 2. The van der Waals surface area contributed by atoms with Gasteiger partial charge in [0.15, 0.2) is 5.03 Å². The molecule has 0 fully saturated rings. The molecule has 0 radical (unpaired) electrons. The van der Waals surface area contributed by atoms with Crippen LogP contribution in [0.4, 0.5) is 0 Å². The molecule has 0 saturated carbocycles. The van der Waals surface area contributed by atoms with Gasteiger partial charge in [-0.15, -0.1) is 0 Å². The van der Waals surface area contributed by atoms with E-state index in [1.165, 1.54) is 6.20 Å². The summed E-state index contributed by atoms with van der Waals surface area (Å²) in [5.41, 5.74) is 0. The lowest BCUT2D eigenvalue weighted by Gasteiger charge is -2.08. The lowest BCUT2D eigenvalue weighted by atomic mass is 10.3. The topological polar surface area (TPSA) is 76.0 Å². The Labute approximate surface area is 109 Å². The fraction of sp³-hybridized carbons (Fsp3) is 0.727. The maximum absolute atomic E-state index is 11.9. The minimum absolute atomic E-state index is 0.0827. The van der Waals surface area contributed by atoms with Gasteiger partial charge in [-0.2, -0.15) is 0 Å². The average Bonchev–Trinajstić information content (AvgIpc) is 2.59. The lowest BCUT2D eigenvalue weighted by molar-refractivity contribution is 0.553. The van der Waals surface area contributed by atoms with Crippen molar-refractivity contribution < 1.29 is 8.42 Å². The van der Waals surface area contributed by atoms with Crippen LogP contribution in [0.5, 0.6) is 0 Å². The number of aryl methyl sites for hydroxylation is 2. The van der Waals surface area contributed by atoms with Gasteiger partial charge in [-0.05, 0) is 19.9 Å². The quantitative estimate of drug-likeness (QED) is 0.706. The molecular weight excluding hydrogens is 252 g/mol. The highest BCUT2D eigenvalue weighted by Gasteiger charge is 2.17. The number of hydrogen-bond acceptors (Lipinski definition) is 4. The molecule has 0 aliphatic rings. The van der Waals surface area contributed by atoms with Gasteiger partial charge in [-0.25, -0.2) is 18.1 Å². The van der Waals surface area contributed by atoms with Crippen LogP contribution in [0, 0.1) is 6.92 Å². The van der Waals surface area contributed by atoms with Crippen LogP contribution < -0.4 is 10.0 Å². The molecule has 104 valence electrons. The summed E-state index contributed by atoms with van der Waals surface area (Å²) in [6, 6.07) is 0.417. The number of hydrogen-bond donors (Lipinski definition) is 2. The molecule has 0 aliphatic heterocycles. The molecule has 18 heavy (non-hydrogen) atoms. The SMILES string of the molecule is Cc1nc(S(=O)(=O)NCCCNC(C)C)cn1C. The van der Waals surface area contributed by atoms with Crippen LogP contribution in [-0.2, 0) is 17.1 Å². The summed E-state index contributed by atoms with van der Waals surface area (Å²) in [6.07, 6.45) is 2.27. The predicted molar refractivity (Wildman–Crippen MR) is 70.9 cm³/mol. The van der Waals surface area contributed by atoms with Crippen LogP contribution in [0.25, 0.3) is 0 Å². The maximum Gasteiger partial charge on any atom is 0.259 e. The third-order valence-electron chi connectivity index (χ3n) is 2.56. The van der Waals surface area contributed by atoms with E-state index in [0.29, 0.717) is 18.4 Å². The van der Waals surface area contributed by atoms with E-state index in [0.717, 1.165) is 13.0 Å². The molecule has 0 amide bonds. The second-order valence-corrected chi connectivity index (χ2v) is 6.31. The Hall–Kier alpha value is -0.920. The summed E-state index contributed by atoms with van der Waals surface area (Å²) in [4.78, 5) is 4.01. The lowest BCUT2D eigenvalue weighted by Crippen LogP contribution is -2.30. The fourth-order valence-electron chi connectivity index (χ4n) is 1.42. The zero-order valence-electron chi connectivity index (χ0n) is 11.4. The van der Waals surface area contributed by atoms with Crippen molar-refractivity contribution >= 4 is 10.0 Å². The molecule has 1 heterocycles. The highest BCUT2D eigenvalue weighted by atomic mass is 32.2. The molecule has 0 spiro atoms. The zero-order valence-corrected chi connectivity index (χ0v) is 12.2. The maximum atomic E-state index is 11.9. The van der Waals surface area contributed by atoms with Gasteiger partial charge in [0.05, 0.1) is 0 Å². The van der Waals surface area contributed by atoms with Crippen molar-refractivity contribution in [1.29, 1.82) is 0 Å². The summed E-state index contributed by atoms with van der Waals surface area (Å²) >= 11 is 0. The molecule has 0 bridgehead atoms. The van der Waals surface area contributed by atoms with E-state index in [1.54, 1.807) is 18.5 Å². The second kappa shape index (κ2) is 6.31. The molecule has 1 aromatic rings. The normalized spacial score (nSPS) is 12.3. The highest BCUT2D eigenvalue weighted by Crippen LogP contribution is 2.06. The fourth-order valence-corrected chi connectivity index (χ4v) is 2.53. The van der Waals surface area contributed by atoms with E-state index < -0.39 is 10.0 Å². The van der Waals surface area contributed by atoms with Gasteiger partial charge in [0, 0.05) is 25.8 Å². The molecule has 1 rings (SSSR count). The largest absolute Gasteiger partial charge is 0.337 e. The van der Waals surface area contributed by atoms with E-state index in [2.05, 4.69) is 28.9 Å². The van der Waals surface area contributed by atoms with Gasteiger partial charge >= 0.3 is 0 Å². The Bertz CT molecular complexity index is 460. The van der Waals surface area contributed by atoms with Crippen molar-refractivity contribution in [3.63, 3.8) is 0 Å². The molecule has 0 saturated heterocycles. The van der Waals surface area contributed by atoms with Gasteiger partial charge < -0.3 is 9.88 Å². The van der Waals surface area contributed by atoms with Crippen molar-refractivity contribution in [3.05, 3.63) is 12.0 Å². The van der Waals surface area contributed by atoms with Crippen LogP contribution in [-0.4, -0.2) is 37.1 Å². The first-order valence-corrected chi connectivity index (χ1v) is 7.54. The van der Waals surface area contributed by atoms with Gasteiger partial charge in [0.25, 0.3) is 10.0 Å². The molecule has 2 N–H and O–H groups in total. The second-order valence-electron chi connectivity index (χ2n) is 4.60. The molecule has 0 aromatic carbocycles. The van der Waals surface area contributed by atoms with Crippen molar-refractivity contribution in [2.45, 2.75) is 38.3 Å². The van der Waals surface area contributed by atoms with E-state index in [1.807, 2.05) is 0 Å². The van der Waals surface area contributed by atoms with Crippen LogP contribution in [0.1, 0.15) is 26.1 Å². The number of nitrogens with one attached hydrogen (secondary N) is 2. The molecule has 6 nitrogen and oxygen atoms in total. The number of aromatic nitrogens is 2. The van der Waals surface area contributed by atoms with Crippen LogP contribution in [0.2, 0.25) is 0 Å². The van der Waals surface area contributed by atoms with Gasteiger partial charge in [0.1, 0.15) is 5.82 Å². The van der Waals surface area contributed by atoms with Crippen molar-refractivity contribution in [2.75, 3.05) is 13.1 Å². The van der Waals surface area contributed by atoms with E-state index >= 15 is 0 Å². The molecule has 7 heteroatoms. The molecule has 0 atom stereocenters. The van der Waals surface area contributed by atoms with Gasteiger partial charge in [-0.3, -0.25) is 0 Å². The summed E-state index contributed by atoms with van der Waals surface area (Å²) in [6.45, 7) is 7.09. The third-order valence-corrected chi connectivity index (χ3v) is 3.89. The Balaban J connectivity index is 2.45. The third kappa shape index (κ3) is 4.40. The molecule has 0 unspecified atom stereocenters. The van der Waals surface area contributed by atoms with Gasteiger partial charge in [-0.1, -0.05) is 13.8 Å². The smallest absolute Gasteiger partial charge is 0.259 e. The number of sulfonamides is 1. The zero-order chi connectivity index (χ0) is 13.8. The van der Waals surface area contributed by atoms with Crippen LogP contribution in [0.3, 0.4) is 0 Å². The molecular formula is C11H22N4O2S. The Morgan fingerprint density at radius 1 is 1.39 bits per heavy atom. The van der Waals surface area contributed by atoms with Crippen molar-refractivity contribution in [3.8, 4) is 0 Å². The Morgan fingerprint density at radius 3 is 2.56 bits per heavy atom. The monoisotopic (exact) mass is 274 g/mol. The minimum atomic E-state index is -3.47. The number of rotatable bonds is 7. The van der Waals surface area contributed by atoms with Crippen LogP contribution in [0.15, 0.2) is 11.2 Å². The van der Waals surface area contributed by atoms with E-state index in [9.17, 15) is 8.42 Å². The Kier molecular flexibility index (Phi) is 5.30. The predicted octanol–water partition coefficient (Wildman–Crippen LogP) is 0.395. The van der Waals surface area contributed by atoms with Crippen molar-refractivity contribution in [1.82, 2.24) is 19.6 Å². The summed E-state index contributed by atoms with van der Waals surface area (Å²) in [7, 11) is -1.70. The summed E-state index contributed by atoms with van der Waals surface area (Å²) in [5, 5.41) is 3.31.